The lowest BCUT2D eigenvalue weighted by molar-refractivity contribution is 0.317. The molecule has 0 radical (unpaired) electrons. The molecule has 0 aliphatic rings. The molecule has 2 rings (SSSR count). The number of hydrogen-bond acceptors (Lipinski definition) is 3. The molecule has 2 aromatic rings. The third-order valence-electron chi connectivity index (χ3n) is 2.56. The Kier molecular flexibility index (Phi) is 4.25. The number of hydrogen-bond donors (Lipinski definition) is 1. The molecule has 0 aliphatic carbocycles. The predicted octanol–water partition coefficient (Wildman–Crippen LogP) is 3.06. The van der Waals surface area contributed by atoms with Crippen molar-refractivity contribution in [2.45, 2.75) is 19.9 Å². The minimum atomic E-state index is 0.640. The first-order valence-electron chi connectivity index (χ1n) is 5.89. The van der Waals surface area contributed by atoms with Crippen LogP contribution in [0, 0.1) is 0 Å². The average molecular weight is 310 g/mol. The topological polar surface area (TPSA) is 53.1 Å². The lowest BCUT2D eigenvalue weighted by atomic mass is 10.2. The van der Waals surface area contributed by atoms with Crippen molar-refractivity contribution in [1.82, 2.24) is 9.78 Å². The second-order valence-corrected chi connectivity index (χ2v) is 4.88. The maximum absolute atomic E-state index is 5.87. The van der Waals surface area contributed by atoms with Gasteiger partial charge in [0, 0.05) is 0 Å². The van der Waals surface area contributed by atoms with Gasteiger partial charge in [-0.3, -0.25) is 0 Å². The van der Waals surface area contributed by atoms with Crippen LogP contribution in [0.4, 0.5) is 5.82 Å². The van der Waals surface area contributed by atoms with Crippen molar-refractivity contribution >= 4 is 21.7 Å². The summed E-state index contributed by atoms with van der Waals surface area (Å²) in [7, 11) is 0. The molecule has 0 saturated heterocycles. The van der Waals surface area contributed by atoms with Crippen LogP contribution in [0.1, 0.15) is 18.9 Å². The van der Waals surface area contributed by atoms with Crippen LogP contribution in [0.25, 0.3) is 0 Å². The fourth-order valence-corrected chi connectivity index (χ4v) is 1.88. The summed E-state index contributed by atoms with van der Waals surface area (Å²) in [6.45, 7) is 3.50. The quantitative estimate of drug-likeness (QED) is 0.923. The number of nitrogen functional groups attached to an aromatic ring is 1. The summed E-state index contributed by atoms with van der Waals surface area (Å²) in [5.74, 6) is 1.54. The Bertz CT molecular complexity index is 507. The first-order valence-corrected chi connectivity index (χ1v) is 6.68. The Morgan fingerprint density at radius 3 is 2.61 bits per heavy atom. The number of nitrogens with zero attached hydrogens (tertiary/aromatic N) is 2. The molecular weight excluding hydrogens is 294 g/mol. The monoisotopic (exact) mass is 309 g/mol. The van der Waals surface area contributed by atoms with E-state index in [0.29, 0.717) is 12.4 Å². The summed E-state index contributed by atoms with van der Waals surface area (Å²) < 4.78 is 8.11. The summed E-state index contributed by atoms with van der Waals surface area (Å²) in [6, 6.07) is 8.00. The van der Waals surface area contributed by atoms with Crippen LogP contribution in [0.5, 0.6) is 5.75 Å². The Balaban J connectivity index is 2.04. The molecule has 5 heteroatoms. The highest BCUT2D eigenvalue weighted by molar-refractivity contribution is 9.10. The van der Waals surface area contributed by atoms with E-state index in [-0.39, 0.29) is 0 Å². The van der Waals surface area contributed by atoms with E-state index in [1.165, 1.54) is 0 Å². The Hall–Kier alpha value is -1.49. The molecule has 96 valence electrons. The van der Waals surface area contributed by atoms with Crippen LogP contribution < -0.4 is 10.5 Å². The van der Waals surface area contributed by atoms with E-state index in [2.05, 4.69) is 28.0 Å². The SMILES string of the molecule is CCCOc1ccc(Cn2ncc(Br)c2N)cc1. The first kappa shape index (κ1) is 13.0. The van der Waals surface area contributed by atoms with E-state index >= 15 is 0 Å². The highest BCUT2D eigenvalue weighted by Crippen LogP contribution is 2.19. The fourth-order valence-electron chi connectivity index (χ4n) is 1.58. The van der Waals surface area contributed by atoms with Crippen molar-refractivity contribution in [2.24, 2.45) is 0 Å². The van der Waals surface area contributed by atoms with Gasteiger partial charge in [0.15, 0.2) is 0 Å². The predicted molar refractivity (Wildman–Crippen MR) is 75.7 cm³/mol. The smallest absolute Gasteiger partial charge is 0.136 e. The zero-order valence-corrected chi connectivity index (χ0v) is 11.9. The van der Waals surface area contributed by atoms with E-state index in [0.717, 1.165) is 28.8 Å². The summed E-state index contributed by atoms with van der Waals surface area (Å²) in [4.78, 5) is 0. The second kappa shape index (κ2) is 5.91. The molecule has 4 nitrogen and oxygen atoms in total. The van der Waals surface area contributed by atoms with Gasteiger partial charge in [-0.2, -0.15) is 5.10 Å². The minimum absolute atomic E-state index is 0.640. The number of rotatable bonds is 5. The molecule has 0 fully saturated rings. The summed E-state index contributed by atoms with van der Waals surface area (Å²) in [5, 5.41) is 4.20. The normalized spacial score (nSPS) is 10.6. The molecule has 1 aromatic carbocycles. The lowest BCUT2D eigenvalue weighted by Gasteiger charge is -2.07. The van der Waals surface area contributed by atoms with Crippen LogP contribution in [-0.2, 0) is 6.54 Å². The van der Waals surface area contributed by atoms with Gasteiger partial charge in [-0.05, 0) is 40.0 Å². The van der Waals surface area contributed by atoms with Gasteiger partial charge in [-0.1, -0.05) is 19.1 Å². The molecule has 0 amide bonds. The third-order valence-corrected chi connectivity index (χ3v) is 3.17. The molecule has 0 aliphatic heterocycles. The van der Waals surface area contributed by atoms with E-state index < -0.39 is 0 Å². The van der Waals surface area contributed by atoms with Crippen molar-refractivity contribution in [3.63, 3.8) is 0 Å². The van der Waals surface area contributed by atoms with Gasteiger partial charge in [0.2, 0.25) is 0 Å². The molecular formula is C13H16BrN3O. The molecule has 0 bridgehead atoms. The van der Waals surface area contributed by atoms with Gasteiger partial charge in [0.05, 0.1) is 23.8 Å². The van der Waals surface area contributed by atoms with Gasteiger partial charge in [-0.15, -0.1) is 0 Å². The molecule has 0 unspecified atom stereocenters. The van der Waals surface area contributed by atoms with Gasteiger partial charge in [-0.25, -0.2) is 4.68 Å². The largest absolute Gasteiger partial charge is 0.494 e. The number of nitrogens with two attached hydrogens (primary N) is 1. The lowest BCUT2D eigenvalue weighted by Crippen LogP contribution is -2.05. The van der Waals surface area contributed by atoms with Crippen LogP contribution in [-0.4, -0.2) is 16.4 Å². The van der Waals surface area contributed by atoms with E-state index in [4.69, 9.17) is 10.5 Å². The van der Waals surface area contributed by atoms with Gasteiger partial charge in [0.1, 0.15) is 11.6 Å². The summed E-state index contributed by atoms with van der Waals surface area (Å²) in [6.07, 6.45) is 2.72. The Morgan fingerprint density at radius 2 is 2.06 bits per heavy atom. The third kappa shape index (κ3) is 3.04. The van der Waals surface area contributed by atoms with Gasteiger partial charge in [0.25, 0.3) is 0 Å². The maximum Gasteiger partial charge on any atom is 0.136 e. The standard InChI is InChI=1S/C13H16BrN3O/c1-2-7-18-11-5-3-10(4-6-11)9-17-13(15)12(14)8-16-17/h3-6,8H,2,7,9,15H2,1H3. The van der Waals surface area contributed by atoms with Gasteiger partial charge >= 0.3 is 0 Å². The minimum Gasteiger partial charge on any atom is -0.494 e. The van der Waals surface area contributed by atoms with E-state index in [9.17, 15) is 0 Å². The van der Waals surface area contributed by atoms with Crippen molar-refractivity contribution in [2.75, 3.05) is 12.3 Å². The zero-order chi connectivity index (χ0) is 13.0. The average Bonchev–Trinajstić information content (AvgIpc) is 2.70. The van der Waals surface area contributed by atoms with Crippen molar-refractivity contribution in [1.29, 1.82) is 0 Å². The molecule has 1 heterocycles. The van der Waals surface area contributed by atoms with Crippen molar-refractivity contribution < 1.29 is 4.74 Å². The molecule has 0 spiro atoms. The fraction of sp³-hybridized carbons (Fsp3) is 0.308. The van der Waals surface area contributed by atoms with Crippen molar-refractivity contribution in [3.8, 4) is 5.75 Å². The molecule has 0 atom stereocenters. The highest BCUT2D eigenvalue weighted by atomic mass is 79.9. The Labute approximate surface area is 115 Å². The summed E-state index contributed by atoms with van der Waals surface area (Å²) in [5.41, 5.74) is 7.01. The van der Waals surface area contributed by atoms with Crippen LogP contribution in [0.15, 0.2) is 34.9 Å². The van der Waals surface area contributed by atoms with E-state index in [1.54, 1.807) is 10.9 Å². The molecule has 2 N–H and O–H groups in total. The number of benzene rings is 1. The highest BCUT2D eigenvalue weighted by Gasteiger charge is 2.05. The molecule has 18 heavy (non-hydrogen) atoms. The zero-order valence-electron chi connectivity index (χ0n) is 10.3. The number of halogens is 1. The first-order chi connectivity index (χ1) is 8.70. The summed E-state index contributed by atoms with van der Waals surface area (Å²) >= 11 is 3.34. The Morgan fingerprint density at radius 1 is 1.33 bits per heavy atom. The van der Waals surface area contributed by atoms with Crippen LogP contribution >= 0.6 is 15.9 Å². The molecule has 0 saturated carbocycles. The number of ether oxygens (including phenoxy) is 1. The van der Waals surface area contributed by atoms with Crippen LogP contribution in [0.3, 0.4) is 0 Å². The van der Waals surface area contributed by atoms with Crippen molar-refractivity contribution in [3.05, 3.63) is 40.5 Å². The second-order valence-electron chi connectivity index (χ2n) is 4.03. The van der Waals surface area contributed by atoms with E-state index in [1.807, 2.05) is 24.3 Å². The maximum atomic E-state index is 5.87. The van der Waals surface area contributed by atoms with Crippen LogP contribution in [0.2, 0.25) is 0 Å². The number of anilines is 1. The number of aromatic nitrogens is 2. The van der Waals surface area contributed by atoms with Gasteiger partial charge < -0.3 is 10.5 Å². The molecule has 1 aromatic heterocycles.